The van der Waals surface area contributed by atoms with Gasteiger partial charge in [-0.25, -0.2) is 0 Å². The summed E-state index contributed by atoms with van der Waals surface area (Å²) in [6.07, 6.45) is -1.46. The molecule has 0 saturated heterocycles. The fraction of sp³-hybridized carbons (Fsp3) is 0.400. The summed E-state index contributed by atoms with van der Waals surface area (Å²) in [4.78, 5) is 0. The summed E-state index contributed by atoms with van der Waals surface area (Å²) >= 11 is 0. The minimum Gasteiger partial charge on any atom is -0.508 e. The molecular weight excluding hydrogens is 168 g/mol. The molecule has 0 bridgehead atoms. The fourth-order valence-corrected chi connectivity index (χ4v) is 1.39. The molecule has 0 heterocycles. The molecule has 0 radical (unpaired) electrons. The fourth-order valence-electron chi connectivity index (χ4n) is 1.39. The number of aliphatic hydroxyl groups excluding tert-OH is 2. The summed E-state index contributed by atoms with van der Waals surface area (Å²) in [6.45, 7) is 3.15. The van der Waals surface area contributed by atoms with Gasteiger partial charge in [-0.15, -0.1) is 0 Å². The molecule has 2 unspecified atom stereocenters. The minimum atomic E-state index is -0.772. The van der Waals surface area contributed by atoms with E-state index in [9.17, 15) is 15.3 Å². The SMILES string of the molecule is CC(O)c1cccc(O)c1C(C)O. The monoisotopic (exact) mass is 182 g/mol. The van der Waals surface area contributed by atoms with Crippen LogP contribution in [0.4, 0.5) is 0 Å². The summed E-state index contributed by atoms with van der Waals surface area (Å²) in [7, 11) is 0. The Morgan fingerprint density at radius 2 is 1.69 bits per heavy atom. The van der Waals surface area contributed by atoms with Crippen molar-refractivity contribution in [2.24, 2.45) is 0 Å². The highest BCUT2D eigenvalue weighted by molar-refractivity contribution is 5.41. The number of hydrogen-bond acceptors (Lipinski definition) is 3. The molecule has 0 aliphatic heterocycles. The van der Waals surface area contributed by atoms with Gasteiger partial charge in [0.2, 0.25) is 0 Å². The van der Waals surface area contributed by atoms with Crippen molar-refractivity contribution in [3.8, 4) is 5.75 Å². The molecule has 0 aliphatic rings. The van der Waals surface area contributed by atoms with E-state index < -0.39 is 12.2 Å². The van der Waals surface area contributed by atoms with Crippen molar-refractivity contribution in [3.05, 3.63) is 29.3 Å². The molecular formula is C10H14O3. The van der Waals surface area contributed by atoms with Gasteiger partial charge in [0.05, 0.1) is 12.2 Å². The zero-order valence-corrected chi connectivity index (χ0v) is 7.73. The molecule has 2 atom stereocenters. The molecule has 3 nitrogen and oxygen atoms in total. The maximum Gasteiger partial charge on any atom is 0.121 e. The first-order valence-corrected chi connectivity index (χ1v) is 4.22. The summed E-state index contributed by atoms with van der Waals surface area (Å²) in [5, 5.41) is 28.2. The lowest BCUT2D eigenvalue weighted by atomic mass is 9.98. The van der Waals surface area contributed by atoms with E-state index in [0.29, 0.717) is 11.1 Å². The van der Waals surface area contributed by atoms with Crippen LogP contribution in [-0.4, -0.2) is 15.3 Å². The van der Waals surface area contributed by atoms with Gasteiger partial charge in [-0.05, 0) is 25.5 Å². The Morgan fingerprint density at radius 3 is 2.08 bits per heavy atom. The van der Waals surface area contributed by atoms with E-state index in [4.69, 9.17) is 0 Å². The Labute approximate surface area is 77.3 Å². The second-order valence-corrected chi connectivity index (χ2v) is 3.13. The zero-order chi connectivity index (χ0) is 10.0. The van der Waals surface area contributed by atoms with Crippen LogP contribution in [0.15, 0.2) is 18.2 Å². The predicted molar refractivity (Wildman–Crippen MR) is 49.4 cm³/mol. The third-order valence-electron chi connectivity index (χ3n) is 1.98. The van der Waals surface area contributed by atoms with Crippen molar-refractivity contribution in [1.82, 2.24) is 0 Å². The van der Waals surface area contributed by atoms with Crippen LogP contribution >= 0.6 is 0 Å². The largest absolute Gasteiger partial charge is 0.508 e. The van der Waals surface area contributed by atoms with Gasteiger partial charge in [-0.3, -0.25) is 0 Å². The van der Waals surface area contributed by atoms with Gasteiger partial charge in [0, 0.05) is 5.56 Å². The number of phenolic OH excluding ortho intramolecular Hbond substituents is 1. The maximum absolute atomic E-state index is 9.44. The summed E-state index contributed by atoms with van der Waals surface area (Å²) in [5.74, 6) is 0.0217. The third kappa shape index (κ3) is 1.99. The first-order valence-electron chi connectivity index (χ1n) is 4.22. The number of aromatic hydroxyl groups is 1. The summed E-state index contributed by atoms with van der Waals surface area (Å²) < 4.78 is 0. The molecule has 3 N–H and O–H groups in total. The van der Waals surface area contributed by atoms with E-state index in [1.54, 1.807) is 26.0 Å². The lowest BCUT2D eigenvalue weighted by Crippen LogP contribution is -2.02. The molecule has 72 valence electrons. The van der Waals surface area contributed by atoms with Gasteiger partial charge in [-0.2, -0.15) is 0 Å². The predicted octanol–water partition coefficient (Wildman–Crippen LogP) is 1.50. The standard InChI is InChI=1S/C10H14O3/c1-6(11)8-4-3-5-9(13)10(8)7(2)12/h3-7,11-13H,1-2H3. The molecule has 0 spiro atoms. The Kier molecular flexibility index (Phi) is 2.90. The molecule has 1 aromatic carbocycles. The van der Waals surface area contributed by atoms with E-state index in [-0.39, 0.29) is 5.75 Å². The second-order valence-electron chi connectivity index (χ2n) is 3.13. The van der Waals surface area contributed by atoms with Crippen LogP contribution in [-0.2, 0) is 0 Å². The quantitative estimate of drug-likeness (QED) is 0.649. The van der Waals surface area contributed by atoms with Crippen LogP contribution in [0.3, 0.4) is 0 Å². The number of phenols is 1. The Hall–Kier alpha value is -1.06. The van der Waals surface area contributed by atoms with Crippen LogP contribution in [0.25, 0.3) is 0 Å². The molecule has 1 aromatic rings. The van der Waals surface area contributed by atoms with E-state index in [2.05, 4.69) is 0 Å². The third-order valence-corrected chi connectivity index (χ3v) is 1.98. The van der Waals surface area contributed by atoms with E-state index in [1.165, 1.54) is 6.07 Å². The molecule has 0 aliphatic carbocycles. The normalized spacial score (nSPS) is 15.4. The number of aliphatic hydroxyl groups is 2. The van der Waals surface area contributed by atoms with Crippen LogP contribution in [0.2, 0.25) is 0 Å². The molecule has 0 amide bonds. The lowest BCUT2D eigenvalue weighted by Gasteiger charge is -2.15. The van der Waals surface area contributed by atoms with E-state index >= 15 is 0 Å². The maximum atomic E-state index is 9.44. The Morgan fingerprint density at radius 1 is 1.08 bits per heavy atom. The molecule has 0 saturated carbocycles. The Bertz CT molecular complexity index is 292. The van der Waals surface area contributed by atoms with Gasteiger partial charge in [-0.1, -0.05) is 12.1 Å². The van der Waals surface area contributed by atoms with Crippen LogP contribution in [0.1, 0.15) is 37.2 Å². The van der Waals surface area contributed by atoms with Gasteiger partial charge in [0.15, 0.2) is 0 Å². The van der Waals surface area contributed by atoms with Crippen molar-refractivity contribution in [1.29, 1.82) is 0 Å². The molecule has 3 heteroatoms. The van der Waals surface area contributed by atoms with Crippen molar-refractivity contribution in [3.63, 3.8) is 0 Å². The average Bonchev–Trinajstić information content (AvgIpc) is 2.02. The molecule has 0 aromatic heterocycles. The highest BCUT2D eigenvalue weighted by Crippen LogP contribution is 2.30. The Balaban J connectivity index is 3.26. The highest BCUT2D eigenvalue weighted by atomic mass is 16.3. The zero-order valence-electron chi connectivity index (χ0n) is 7.73. The van der Waals surface area contributed by atoms with Crippen molar-refractivity contribution in [2.45, 2.75) is 26.1 Å². The van der Waals surface area contributed by atoms with Crippen molar-refractivity contribution < 1.29 is 15.3 Å². The minimum absolute atomic E-state index is 0.0217. The van der Waals surface area contributed by atoms with Gasteiger partial charge >= 0.3 is 0 Å². The average molecular weight is 182 g/mol. The second kappa shape index (κ2) is 3.77. The first kappa shape index (κ1) is 10.0. The van der Waals surface area contributed by atoms with Crippen LogP contribution in [0.5, 0.6) is 5.75 Å². The topological polar surface area (TPSA) is 60.7 Å². The molecule has 13 heavy (non-hydrogen) atoms. The smallest absolute Gasteiger partial charge is 0.121 e. The summed E-state index contributed by atoms with van der Waals surface area (Å²) in [5.41, 5.74) is 0.965. The van der Waals surface area contributed by atoms with E-state index in [1.807, 2.05) is 0 Å². The van der Waals surface area contributed by atoms with Crippen molar-refractivity contribution >= 4 is 0 Å². The number of rotatable bonds is 2. The molecule has 0 fully saturated rings. The van der Waals surface area contributed by atoms with Gasteiger partial charge < -0.3 is 15.3 Å². The summed E-state index contributed by atoms with van der Waals surface area (Å²) in [6, 6.07) is 4.82. The number of benzene rings is 1. The van der Waals surface area contributed by atoms with Gasteiger partial charge in [0.25, 0.3) is 0 Å². The highest BCUT2D eigenvalue weighted by Gasteiger charge is 2.15. The van der Waals surface area contributed by atoms with Crippen LogP contribution in [0, 0.1) is 0 Å². The van der Waals surface area contributed by atoms with Crippen LogP contribution < -0.4 is 0 Å². The van der Waals surface area contributed by atoms with E-state index in [0.717, 1.165) is 0 Å². The van der Waals surface area contributed by atoms with Crippen molar-refractivity contribution in [2.75, 3.05) is 0 Å². The number of hydrogen-bond donors (Lipinski definition) is 3. The first-order chi connectivity index (χ1) is 6.04. The van der Waals surface area contributed by atoms with Gasteiger partial charge in [0.1, 0.15) is 5.75 Å². The molecule has 1 rings (SSSR count). The lowest BCUT2D eigenvalue weighted by molar-refractivity contribution is 0.172.